The number of carbonyl (C=O) groups is 1. The number of carbonyl (C=O) groups excluding carboxylic acids is 1. The van der Waals surface area contributed by atoms with Crippen LogP contribution in [0.1, 0.15) is 10.4 Å². The zero-order valence-corrected chi connectivity index (χ0v) is 6.81. The number of nitrogens with zero attached hydrogens (tertiary/aromatic N) is 1. The zero-order valence-electron chi connectivity index (χ0n) is 6.81. The molecule has 2 rings (SSSR count). The molecule has 0 atom stereocenters. The summed E-state index contributed by atoms with van der Waals surface area (Å²) in [6, 6.07) is 7.16. The molecule has 0 aliphatic heterocycles. The Bertz CT molecular complexity index is 389. The molecule has 2 aromatic rings. The Morgan fingerprint density at radius 2 is 2.00 bits per heavy atom. The van der Waals surface area contributed by atoms with Crippen molar-refractivity contribution in [1.29, 1.82) is 0 Å². The summed E-state index contributed by atoms with van der Waals surface area (Å²) in [4.78, 5) is 14.4. The number of hydrogen-bond donors (Lipinski definition) is 0. The molecular weight excluding hydrogens is 166 g/mol. The molecule has 1 aromatic carbocycles. The molecular formula is C10H7NO2. The Morgan fingerprint density at radius 1 is 1.23 bits per heavy atom. The van der Waals surface area contributed by atoms with Gasteiger partial charge in [0, 0.05) is 11.1 Å². The van der Waals surface area contributed by atoms with Crippen molar-refractivity contribution in [1.82, 2.24) is 4.98 Å². The molecule has 3 nitrogen and oxygen atoms in total. The lowest BCUT2D eigenvalue weighted by Gasteiger charge is -1.94. The van der Waals surface area contributed by atoms with Gasteiger partial charge >= 0.3 is 0 Å². The maximum absolute atomic E-state index is 10.4. The first-order valence-electron chi connectivity index (χ1n) is 3.84. The molecule has 0 aliphatic rings. The number of benzene rings is 1. The van der Waals surface area contributed by atoms with Crippen LogP contribution in [-0.4, -0.2) is 11.3 Å². The van der Waals surface area contributed by atoms with Crippen molar-refractivity contribution in [3.63, 3.8) is 0 Å². The number of oxazole rings is 1. The highest BCUT2D eigenvalue weighted by Gasteiger charge is 1.99. The second-order valence-corrected chi connectivity index (χ2v) is 2.61. The summed E-state index contributed by atoms with van der Waals surface area (Å²) in [6.07, 6.45) is 3.76. The molecule has 0 saturated carbocycles. The number of hydrogen-bond acceptors (Lipinski definition) is 3. The monoisotopic (exact) mass is 173 g/mol. The minimum absolute atomic E-state index is 0.659. The minimum Gasteiger partial charge on any atom is -0.451 e. The summed E-state index contributed by atoms with van der Waals surface area (Å²) in [5.74, 6) is 0. The van der Waals surface area contributed by atoms with Crippen LogP contribution in [0, 0.1) is 0 Å². The molecule has 0 bridgehead atoms. The summed E-state index contributed by atoms with van der Waals surface area (Å²) in [5.41, 5.74) is 2.38. The first kappa shape index (κ1) is 7.73. The van der Waals surface area contributed by atoms with Crippen molar-refractivity contribution in [3.8, 4) is 11.3 Å². The fourth-order valence-corrected chi connectivity index (χ4v) is 1.09. The number of rotatable bonds is 2. The predicted molar refractivity (Wildman–Crippen MR) is 47.3 cm³/mol. The molecule has 0 fully saturated rings. The van der Waals surface area contributed by atoms with Gasteiger partial charge in [0.05, 0.1) is 0 Å². The Hall–Kier alpha value is -1.90. The summed E-state index contributed by atoms with van der Waals surface area (Å²) >= 11 is 0. The molecule has 1 aromatic heterocycles. The van der Waals surface area contributed by atoms with E-state index in [1.807, 2.05) is 12.1 Å². The predicted octanol–water partition coefficient (Wildman–Crippen LogP) is 2.15. The lowest BCUT2D eigenvalue weighted by molar-refractivity contribution is 0.112. The molecule has 0 radical (unpaired) electrons. The van der Waals surface area contributed by atoms with Crippen molar-refractivity contribution in [3.05, 3.63) is 42.5 Å². The number of aldehydes is 1. The van der Waals surface area contributed by atoms with Crippen LogP contribution in [-0.2, 0) is 0 Å². The van der Waals surface area contributed by atoms with Crippen LogP contribution in [0.3, 0.4) is 0 Å². The first-order valence-corrected chi connectivity index (χ1v) is 3.84. The van der Waals surface area contributed by atoms with Gasteiger partial charge in [-0.05, 0) is 0 Å². The van der Waals surface area contributed by atoms with Crippen LogP contribution < -0.4 is 0 Å². The topological polar surface area (TPSA) is 43.1 Å². The van der Waals surface area contributed by atoms with Gasteiger partial charge in [0.15, 0.2) is 6.39 Å². The Labute approximate surface area is 75.0 Å². The van der Waals surface area contributed by atoms with Crippen LogP contribution in [0.25, 0.3) is 11.3 Å². The second-order valence-electron chi connectivity index (χ2n) is 2.61. The van der Waals surface area contributed by atoms with Crippen molar-refractivity contribution in [2.24, 2.45) is 0 Å². The van der Waals surface area contributed by atoms with E-state index in [2.05, 4.69) is 4.98 Å². The van der Waals surface area contributed by atoms with Crippen LogP contribution in [0.5, 0.6) is 0 Å². The SMILES string of the molecule is O=Cc1ccc(-c2cocn2)cc1. The summed E-state index contributed by atoms with van der Waals surface area (Å²) < 4.78 is 4.84. The van der Waals surface area contributed by atoms with Gasteiger partial charge in [-0.2, -0.15) is 0 Å². The fourth-order valence-electron chi connectivity index (χ4n) is 1.09. The van der Waals surface area contributed by atoms with E-state index in [-0.39, 0.29) is 0 Å². The molecule has 0 aliphatic carbocycles. The van der Waals surface area contributed by atoms with Crippen molar-refractivity contribution in [2.45, 2.75) is 0 Å². The van der Waals surface area contributed by atoms with E-state index in [0.29, 0.717) is 5.56 Å². The lowest BCUT2D eigenvalue weighted by atomic mass is 10.1. The van der Waals surface area contributed by atoms with E-state index < -0.39 is 0 Å². The molecule has 64 valence electrons. The third-order valence-corrected chi connectivity index (χ3v) is 1.77. The zero-order chi connectivity index (χ0) is 9.10. The van der Waals surface area contributed by atoms with Crippen LogP contribution in [0.4, 0.5) is 0 Å². The minimum atomic E-state index is 0.659. The van der Waals surface area contributed by atoms with Gasteiger partial charge in [0.2, 0.25) is 0 Å². The van der Waals surface area contributed by atoms with E-state index in [9.17, 15) is 4.79 Å². The molecule has 0 spiro atoms. The second kappa shape index (κ2) is 3.23. The molecule has 0 unspecified atom stereocenters. The Balaban J connectivity index is 2.38. The average Bonchev–Trinajstić information content (AvgIpc) is 2.71. The largest absolute Gasteiger partial charge is 0.451 e. The van der Waals surface area contributed by atoms with E-state index in [4.69, 9.17) is 4.42 Å². The number of aromatic nitrogens is 1. The molecule has 3 heteroatoms. The highest BCUT2D eigenvalue weighted by Crippen LogP contribution is 2.16. The van der Waals surface area contributed by atoms with Crippen molar-refractivity contribution in [2.75, 3.05) is 0 Å². The maximum Gasteiger partial charge on any atom is 0.181 e. The molecule has 0 saturated heterocycles. The third-order valence-electron chi connectivity index (χ3n) is 1.77. The smallest absolute Gasteiger partial charge is 0.181 e. The normalized spacial score (nSPS) is 9.85. The van der Waals surface area contributed by atoms with Gasteiger partial charge in [0.25, 0.3) is 0 Å². The van der Waals surface area contributed by atoms with Crippen LogP contribution in [0.2, 0.25) is 0 Å². The Kier molecular flexibility index (Phi) is 1.92. The standard InChI is InChI=1S/C10H7NO2/c12-5-8-1-3-9(4-2-8)10-6-13-7-11-10/h1-7H. The summed E-state index contributed by atoms with van der Waals surface area (Å²) in [6.45, 7) is 0. The van der Waals surface area contributed by atoms with Gasteiger partial charge in [-0.3, -0.25) is 4.79 Å². The van der Waals surface area contributed by atoms with Crippen LogP contribution in [0.15, 0.2) is 41.3 Å². The molecule has 1 heterocycles. The van der Waals surface area contributed by atoms with Gasteiger partial charge in [0.1, 0.15) is 18.2 Å². The first-order chi connectivity index (χ1) is 6.40. The van der Waals surface area contributed by atoms with Crippen molar-refractivity contribution >= 4 is 6.29 Å². The van der Waals surface area contributed by atoms with E-state index in [1.165, 1.54) is 6.39 Å². The van der Waals surface area contributed by atoms with Crippen molar-refractivity contribution < 1.29 is 9.21 Å². The van der Waals surface area contributed by atoms with Gasteiger partial charge < -0.3 is 4.42 Å². The van der Waals surface area contributed by atoms with E-state index >= 15 is 0 Å². The Morgan fingerprint density at radius 3 is 2.54 bits per heavy atom. The van der Waals surface area contributed by atoms with E-state index in [0.717, 1.165) is 17.5 Å². The maximum atomic E-state index is 10.4. The van der Waals surface area contributed by atoms with Gasteiger partial charge in [-0.1, -0.05) is 24.3 Å². The molecule has 13 heavy (non-hydrogen) atoms. The molecule has 0 N–H and O–H groups in total. The summed E-state index contributed by atoms with van der Waals surface area (Å²) in [7, 11) is 0. The van der Waals surface area contributed by atoms with Crippen LogP contribution >= 0.6 is 0 Å². The molecule has 0 amide bonds. The van der Waals surface area contributed by atoms with Gasteiger partial charge in [-0.25, -0.2) is 4.98 Å². The fraction of sp³-hybridized carbons (Fsp3) is 0. The lowest BCUT2D eigenvalue weighted by Crippen LogP contribution is -1.80. The van der Waals surface area contributed by atoms with Gasteiger partial charge in [-0.15, -0.1) is 0 Å². The summed E-state index contributed by atoms with van der Waals surface area (Å²) in [5, 5.41) is 0. The third kappa shape index (κ3) is 1.49. The highest BCUT2D eigenvalue weighted by atomic mass is 16.3. The van der Waals surface area contributed by atoms with E-state index in [1.54, 1.807) is 18.4 Å². The quantitative estimate of drug-likeness (QED) is 0.653. The highest BCUT2D eigenvalue weighted by molar-refractivity contribution is 5.76. The average molecular weight is 173 g/mol.